The summed E-state index contributed by atoms with van der Waals surface area (Å²) in [5.41, 5.74) is 3.69. The van der Waals surface area contributed by atoms with Crippen LogP contribution in [0.3, 0.4) is 0 Å². The number of pyridine rings is 1. The van der Waals surface area contributed by atoms with Crippen LogP contribution in [0.25, 0.3) is 0 Å². The zero-order valence-corrected chi connectivity index (χ0v) is 18.7. The number of carbonyl (C=O) groups is 2. The Morgan fingerprint density at radius 3 is 2.75 bits per heavy atom. The highest BCUT2D eigenvalue weighted by molar-refractivity contribution is 7.10. The first-order valence-electron chi connectivity index (χ1n) is 10.6. The Bertz CT molecular complexity index is 1240. The number of aryl methyl sites for hydroxylation is 1. The van der Waals surface area contributed by atoms with Crippen molar-refractivity contribution in [3.8, 4) is 0 Å². The van der Waals surface area contributed by atoms with Crippen LogP contribution in [0.1, 0.15) is 47.9 Å². The van der Waals surface area contributed by atoms with Gasteiger partial charge in [-0.2, -0.15) is 0 Å². The molecule has 0 aromatic carbocycles. The summed E-state index contributed by atoms with van der Waals surface area (Å²) in [6.07, 6.45) is 2.67. The third kappa shape index (κ3) is 3.69. The van der Waals surface area contributed by atoms with E-state index >= 15 is 0 Å². The normalized spacial score (nSPS) is 20.8. The number of nitrogens with one attached hydrogen (secondary N) is 2. The van der Waals surface area contributed by atoms with E-state index < -0.39 is 5.92 Å². The first-order valence-corrected chi connectivity index (χ1v) is 11.4. The van der Waals surface area contributed by atoms with Gasteiger partial charge in [0.1, 0.15) is 11.6 Å². The van der Waals surface area contributed by atoms with E-state index in [4.69, 9.17) is 4.42 Å². The fourth-order valence-corrected chi connectivity index (χ4v) is 5.44. The molecule has 2 atom stereocenters. The van der Waals surface area contributed by atoms with Gasteiger partial charge in [-0.05, 0) is 56.0 Å². The van der Waals surface area contributed by atoms with Gasteiger partial charge in [-0.25, -0.2) is 4.98 Å². The maximum Gasteiger partial charge on any atom is 0.255 e. The minimum atomic E-state index is -0.402. The molecule has 32 heavy (non-hydrogen) atoms. The maximum atomic E-state index is 13.4. The summed E-state index contributed by atoms with van der Waals surface area (Å²) >= 11 is 1.56. The number of allylic oxidation sites excluding steroid dienone is 3. The van der Waals surface area contributed by atoms with Crippen LogP contribution in [0.15, 0.2) is 81.1 Å². The molecular formula is C25H23N3O3S. The van der Waals surface area contributed by atoms with Gasteiger partial charge >= 0.3 is 0 Å². The van der Waals surface area contributed by atoms with Crippen molar-refractivity contribution in [2.24, 2.45) is 0 Å². The van der Waals surface area contributed by atoms with Crippen LogP contribution in [0.5, 0.6) is 0 Å². The minimum absolute atomic E-state index is 0.00703. The van der Waals surface area contributed by atoms with E-state index in [1.54, 1.807) is 23.7 Å². The standard InChI is InChI=1S/C25H23N3O3S/c1-14-6-3-9-21(26-14)28-25(30)22-15(2)27-17-12-16(19-7-4-10-31-19)13-18(29)23(17)24(22)20-8-5-11-32-20/h3-11,16,24,27H,12-13H2,1-2H3,(H,26,28,30)/t16-,24+/m1/s1. The molecular weight excluding hydrogens is 422 g/mol. The molecule has 2 aliphatic rings. The molecule has 1 aliphatic heterocycles. The van der Waals surface area contributed by atoms with Crippen molar-refractivity contribution in [3.63, 3.8) is 0 Å². The number of hydrogen-bond donors (Lipinski definition) is 2. The lowest BCUT2D eigenvalue weighted by atomic mass is 9.74. The average Bonchev–Trinajstić information content (AvgIpc) is 3.47. The molecule has 0 unspecified atom stereocenters. The number of hydrogen-bond acceptors (Lipinski definition) is 6. The zero-order valence-electron chi connectivity index (χ0n) is 17.8. The Hall–Kier alpha value is -3.45. The molecule has 3 aromatic heterocycles. The monoisotopic (exact) mass is 445 g/mol. The molecule has 1 aliphatic carbocycles. The van der Waals surface area contributed by atoms with Crippen molar-refractivity contribution >= 4 is 28.8 Å². The van der Waals surface area contributed by atoms with Crippen LogP contribution in [-0.2, 0) is 9.59 Å². The van der Waals surface area contributed by atoms with Gasteiger partial charge in [0.25, 0.3) is 5.91 Å². The molecule has 1 amide bonds. The SMILES string of the molecule is CC1=C(C(=O)Nc2cccc(C)n2)[C@H](c2cccs2)C2=C(C[C@@H](c3ccco3)CC2=O)N1. The molecule has 3 aromatic rings. The van der Waals surface area contributed by atoms with Crippen LogP contribution in [0, 0.1) is 6.92 Å². The molecule has 5 rings (SSSR count). The quantitative estimate of drug-likeness (QED) is 0.587. The van der Waals surface area contributed by atoms with Gasteiger partial charge in [-0.3, -0.25) is 9.59 Å². The number of nitrogens with zero attached hydrogens (tertiary/aromatic N) is 1. The van der Waals surface area contributed by atoms with E-state index in [2.05, 4.69) is 15.6 Å². The van der Waals surface area contributed by atoms with Crippen molar-refractivity contribution in [1.29, 1.82) is 0 Å². The Balaban J connectivity index is 1.53. The lowest BCUT2D eigenvalue weighted by molar-refractivity contribution is -0.116. The van der Waals surface area contributed by atoms with E-state index in [9.17, 15) is 9.59 Å². The Labute approximate surface area is 190 Å². The average molecular weight is 446 g/mol. The van der Waals surface area contributed by atoms with Gasteiger partial charge in [0.15, 0.2) is 5.78 Å². The Morgan fingerprint density at radius 1 is 1.16 bits per heavy atom. The summed E-state index contributed by atoms with van der Waals surface area (Å²) < 4.78 is 5.58. The summed E-state index contributed by atoms with van der Waals surface area (Å²) in [5, 5.41) is 8.28. The highest BCUT2D eigenvalue weighted by Crippen LogP contribution is 2.46. The summed E-state index contributed by atoms with van der Waals surface area (Å²) in [4.78, 5) is 32.2. The van der Waals surface area contributed by atoms with Crippen molar-refractivity contribution in [3.05, 3.63) is 93.0 Å². The molecule has 0 saturated carbocycles. The predicted molar refractivity (Wildman–Crippen MR) is 123 cm³/mol. The first kappa shape index (κ1) is 20.5. The van der Waals surface area contributed by atoms with Gasteiger partial charge < -0.3 is 15.1 Å². The van der Waals surface area contributed by atoms with Gasteiger partial charge in [-0.15, -0.1) is 11.3 Å². The Morgan fingerprint density at radius 2 is 2.03 bits per heavy atom. The molecule has 0 radical (unpaired) electrons. The Kier molecular flexibility index (Phi) is 5.27. The van der Waals surface area contributed by atoms with Gasteiger partial charge in [0.2, 0.25) is 0 Å². The fraction of sp³-hybridized carbons (Fsp3) is 0.240. The topological polar surface area (TPSA) is 84.2 Å². The molecule has 6 nitrogen and oxygen atoms in total. The number of furan rings is 1. The number of dihydropyridines is 1. The number of anilines is 1. The first-order chi connectivity index (χ1) is 15.5. The third-order valence-corrected chi connectivity index (χ3v) is 6.91. The number of carbonyl (C=O) groups excluding carboxylic acids is 2. The van der Waals surface area contributed by atoms with Crippen LogP contribution in [0.4, 0.5) is 5.82 Å². The van der Waals surface area contributed by atoms with Crippen LogP contribution in [-0.4, -0.2) is 16.7 Å². The highest BCUT2D eigenvalue weighted by Gasteiger charge is 2.41. The molecule has 0 bridgehead atoms. The van der Waals surface area contributed by atoms with Crippen molar-refractivity contribution < 1.29 is 14.0 Å². The van der Waals surface area contributed by atoms with E-state index in [0.29, 0.717) is 29.8 Å². The molecule has 162 valence electrons. The highest BCUT2D eigenvalue weighted by atomic mass is 32.1. The zero-order chi connectivity index (χ0) is 22.2. The minimum Gasteiger partial charge on any atom is -0.469 e. The molecule has 0 spiro atoms. The predicted octanol–water partition coefficient (Wildman–Crippen LogP) is 5.04. The summed E-state index contributed by atoms with van der Waals surface area (Å²) in [5.74, 6) is 0.695. The fourth-order valence-electron chi connectivity index (χ4n) is 4.60. The van der Waals surface area contributed by atoms with E-state index in [-0.39, 0.29) is 17.6 Å². The van der Waals surface area contributed by atoms with Crippen molar-refractivity contribution in [1.82, 2.24) is 10.3 Å². The van der Waals surface area contributed by atoms with E-state index in [1.165, 1.54) is 0 Å². The van der Waals surface area contributed by atoms with E-state index in [1.807, 2.05) is 55.6 Å². The maximum absolute atomic E-state index is 13.4. The van der Waals surface area contributed by atoms with Crippen LogP contribution >= 0.6 is 11.3 Å². The number of ketones is 1. The summed E-state index contributed by atoms with van der Waals surface area (Å²) in [7, 11) is 0. The number of aromatic nitrogens is 1. The third-order valence-electron chi connectivity index (χ3n) is 5.98. The van der Waals surface area contributed by atoms with Crippen LogP contribution < -0.4 is 10.6 Å². The van der Waals surface area contributed by atoms with Crippen LogP contribution in [0.2, 0.25) is 0 Å². The van der Waals surface area contributed by atoms with Crippen molar-refractivity contribution in [2.45, 2.75) is 38.5 Å². The molecule has 2 N–H and O–H groups in total. The number of Topliss-reactive ketones (excluding diaryl/α,β-unsaturated/α-hetero) is 1. The van der Waals surface area contributed by atoms with Gasteiger partial charge in [0, 0.05) is 45.5 Å². The lowest BCUT2D eigenvalue weighted by Gasteiger charge is -2.35. The smallest absolute Gasteiger partial charge is 0.255 e. The second-order valence-electron chi connectivity index (χ2n) is 8.17. The van der Waals surface area contributed by atoms with Crippen molar-refractivity contribution in [2.75, 3.05) is 5.32 Å². The lowest BCUT2D eigenvalue weighted by Crippen LogP contribution is -2.36. The second kappa shape index (κ2) is 8.24. The molecule has 0 saturated heterocycles. The van der Waals surface area contributed by atoms with Gasteiger partial charge in [0.05, 0.1) is 12.2 Å². The largest absolute Gasteiger partial charge is 0.469 e. The van der Waals surface area contributed by atoms with E-state index in [0.717, 1.165) is 27.7 Å². The summed E-state index contributed by atoms with van der Waals surface area (Å²) in [6.45, 7) is 3.77. The van der Waals surface area contributed by atoms with Gasteiger partial charge in [-0.1, -0.05) is 12.1 Å². The molecule has 0 fully saturated rings. The number of thiophene rings is 1. The summed E-state index contributed by atoms with van der Waals surface area (Å²) in [6, 6.07) is 13.2. The number of rotatable bonds is 4. The second-order valence-corrected chi connectivity index (χ2v) is 9.15. The molecule has 7 heteroatoms. The molecule has 4 heterocycles. The number of amides is 1.